The number of rotatable bonds is 1. The first-order chi connectivity index (χ1) is 5.81. The van der Waals surface area contributed by atoms with Crippen molar-refractivity contribution in [1.82, 2.24) is 5.16 Å². The lowest BCUT2D eigenvalue weighted by Gasteiger charge is -1.98. The van der Waals surface area contributed by atoms with Crippen molar-refractivity contribution in [2.45, 2.75) is 6.54 Å². The first-order valence-electron chi connectivity index (χ1n) is 3.54. The number of fused-ring (bicyclic) bond motifs is 1. The van der Waals surface area contributed by atoms with E-state index >= 15 is 0 Å². The fraction of sp³-hybridized carbons (Fsp3) is 0.125. The predicted molar refractivity (Wildman–Crippen MR) is 49.6 cm³/mol. The molecule has 2 rings (SSSR count). The van der Waals surface area contributed by atoms with Crippen LogP contribution in [0.25, 0.3) is 11.0 Å². The Morgan fingerprint density at radius 2 is 2.33 bits per heavy atom. The van der Waals surface area contributed by atoms with E-state index in [9.17, 15) is 0 Å². The van der Waals surface area contributed by atoms with E-state index in [4.69, 9.17) is 10.3 Å². The molecule has 4 heteroatoms. The summed E-state index contributed by atoms with van der Waals surface area (Å²) < 4.78 is 5.94. The minimum atomic E-state index is 0.516. The summed E-state index contributed by atoms with van der Waals surface area (Å²) in [4.78, 5) is 0. The minimum Gasteiger partial charge on any atom is -0.356 e. The van der Waals surface area contributed by atoms with Crippen LogP contribution in [-0.4, -0.2) is 5.16 Å². The number of nitrogens with zero attached hydrogens (tertiary/aromatic N) is 1. The van der Waals surface area contributed by atoms with Gasteiger partial charge in [-0.05, 0) is 17.7 Å². The molecule has 0 atom stereocenters. The van der Waals surface area contributed by atoms with E-state index in [1.54, 1.807) is 6.20 Å². The Morgan fingerprint density at radius 3 is 3.08 bits per heavy atom. The number of halogens is 1. The molecule has 0 fully saturated rings. The van der Waals surface area contributed by atoms with Crippen LogP contribution >= 0.6 is 15.9 Å². The highest BCUT2D eigenvalue weighted by Crippen LogP contribution is 2.23. The zero-order chi connectivity index (χ0) is 8.55. The fourth-order valence-corrected chi connectivity index (χ4v) is 1.58. The maximum absolute atomic E-state index is 5.53. The van der Waals surface area contributed by atoms with Crippen LogP contribution in [0.2, 0.25) is 0 Å². The zero-order valence-electron chi connectivity index (χ0n) is 6.25. The number of aromatic nitrogens is 1. The molecule has 62 valence electrons. The molecule has 0 radical (unpaired) electrons. The van der Waals surface area contributed by atoms with Gasteiger partial charge < -0.3 is 10.3 Å². The first-order valence-corrected chi connectivity index (χ1v) is 4.33. The van der Waals surface area contributed by atoms with Gasteiger partial charge in [-0.3, -0.25) is 0 Å². The van der Waals surface area contributed by atoms with Crippen LogP contribution in [0.4, 0.5) is 0 Å². The Hall–Kier alpha value is -0.870. The fourth-order valence-electron chi connectivity index (χ4n) is 1.10. The summed E-state index contributed by atoms with van der Waals surface area (Å²) in [7, 11) is 0. The number of benzene rings is 1. The van der Waals surface area contributed by atoms with Gasteiger partial charge in [0.1, 0.15) is 0 Å². The van der Waals surface area contributed by atoms with Crippen molar-refractivity contribution in [3.05, 3.63) is 28.4 Å². The van der Waals surface area contributed by atoms with E-state index in [1.165, 1.54) is 0 Å². The van der Waals surface area contributed by atoms with Gasteiger partial charge in [-0.25, -0.2) is 0 Å². The Bertz CT molecular complexity index is 410. The molecule has 0 amide bonds. The lowest BCUT2D eigenvalue weighted by Crippen LogP contribution is -1.96. The normalized spacial score (nSPS) is 10.8. The van der Waals surface area contributed by atoms with Gasteiger partial charge in [-0.1, -0.05) is 21.1 Å². The number of nitrogens with two attached hydrogens (primary N) is 1. The van der Waals surface area contributed by atoms with Gasteiger partial charge in [-0.15, -0.1) is 0 Å². The SMILES string of the molecule is NCc1cc2cnoc2cc1Br. The number of hydrogen-bond donors (Lipinski definition) is 1. The van der Waals surface area contributed by atoms with Gasteiger partial charge in [0.2, 0.25) is 0 Å². The Balaban J connectivity index is 2.73. The summed E-state index contributed by atoms with van der Waals surface area (Å²) in [6.45, 7) is 0.516. The van der Waals surface area contributed by atoms with Crippen molar-refractivity contribution >= 4 is 26.9 Å². The molecule has 0 spiro atoms. The van der Waals surface area contributed by atoms with Crippen molar-refractivity contribution in [2.24, 2.45) is 5.73 Å². The molecular weight excluding hydrogens is 220 g/mol. The molecule has 0 aliphatic heterocycles. The summed E-state index contributed by atoms with van der Waals surface area (Å²) >= 11 is 3.39. The van der Waals surface area contributed by atoms with Crippen LogP contribution in [0.15, 0.2) is 27.3 Å². The lowest BCUT2D eigenvalue weighted by atomic mass is 10.2. The average molecular weight is 227 g/mol. The Morgan fingerprint density at radius 1 is 1.50 bits per heavy atom. The highest BCUT2D eigenvalue weighted by molar-refractivity contribution is 9.10. The third kappa shape index (κ3) is 1.13. The second-order valence-corrected chi connectivity index (χ2v) is 3.37. The van der Waals surface area contributed by atoms with E-state index in [0.29, 0.717) is 6.54 Å². The monoisotopic (exact) mass is 226 g/mol. The highest BCUT2D eigenvalue weighted by atomic mass is 79.9. The van der Waals surface area contributed by atoms with Crippen LogP contribution in [0, 0.1) is 0 Å². The van der Waals surface area contributed by atoms with Crippen molar-refractivity contribution in [2.75, 3.05) is 0 Å². The van der Waals surface area contributed by atoms with Gasteiger partial charge in [0.25, 0.3) is 0 Å². The van der Waals surface area contributed by atoms with Crippen LogP contribution in [0.1, 0.15) is 5.56 Å². The number of hydrogen-bond acceptors (Lipinski definition) is 3. The summed E-state index contributed by atoms with van der Waals surface area (Å²) in [5, 5.41) is 4.67. The molecule has 0 unspecified atom stereocenters. The van der Waals surface area contributed by atoms with Crippen molar-refractivity contribution in [3.8, 4) is 0 Å². The van der Waals surface area contributed by atoms with Crippen LogP contribution in [0.3, 0.4) is 0 Å². The molecule has 12 heavy (non-hydrogen) atoms. The third-order valence-electron chi connectivity index (χ3n) is 1.74. The van der Waals surface area contributed by atoms with E-state index in [0.717, 1.165) is 21.0 Å². The topological polar surface area (TPSA) is 52.0 Å². The first kappa shape index (κ1) is 7.76. The van der Waals surface area contributed by atoms with Crippen LogP contribution in [-0.2, 0) is 6.54 Å². The van der Waals surface area contributed by atoms with Crippen molar-refractivity contribution in [1.29, 1.82) is 0 Å². The van der Waals surface area contributed by atoms with Crippen LogP contribution in [0.5, 0.6) is 0 Å². The van der Waals surface area contributed by atoms with Gasteiger partial charge in [-0.2, -0.15) is 0 Å². The second-order valence-electron chi connectivity index (χ2n) is 2.51. The molecular formula is C8H7BrN2O. The zero-order valence-corrected chi connectivity index (χ0v) is 7.84. The molecule has 0 bridgehead atoms. The van der Waals surface area contributed by atoms with Crippen molar-refractivity contribution < 1.29 is 4.52 Å². The smallest absolute Gasteiger partial charge is 0.167 e. The molecule has 1 heterocycles. The maximum Gasteiger partial charge on any atom is 0.167 e. The summed E-state index contributed by atoms with van der Waals surface area (Å²) in [6, 6.07) is 3.85. The van der Waals surface area contributed by atoms with Gasteiger partial charge in [0.05, 0.1) is 6.20 Å². The van der Waals surface area contributed by atoms with E-state index in [-0.39, 0.29) is 0 Å². The molecule has 1 aromatic heterocycles. The molecule has 2 N–H and O–H groups in total. The third-order valence-corrected chi connectivity index (χ3v) is 2.48. The van der Waals surface area contributed by atoms with Crippen LogP contribution < -0.4 is 5.73 Å². The summed E-state index contributed by atoms with van der Waals surface area (Å²) in [5.41, 5.74) is 7.37. The quantitative estimate of drug-likeness (QED) is 0.810. The average Bonchev–Trinajstić information content (AvgIpc) is 2.49. The maximum atomic E-state index is 5.53. The predicted octanol–water partition coefficient (Wildman–Crippen LogP) is 2.05. The van der Waals surface area contributed by atoms with E-state index in [2.05, 4.69) is 21.1 Å². The summed E-state index contributed by atoms with van der Waals surface area (Å²) in [6.07, 6.45) is 1.68. The van der Waals surface area contributed by atoms with Gasteiger partial charge in [0.15, 0.2) is 5.58 Å². The molecule has 0 saturated carbocycles. The molecule has 3 nitrogen and oxygen atoms in total. The summed E-state index contributed by atoms with van der Waals surface area (Å²) in [5.74, 6) is 0. The minimum absolute atomic E-state index is 0.516. The van der Waals surface area contributed by atoms with Crippen molar-refractivity contribution in [3.63, 3.8) is 0 Å². The highest BCUT2D eigenvalue weighted by Gasteiger charge is 2.03. The van der Waals surface area contributed by atoms with Gasteiger partial charge >= 0.3 is 0 Å². The van der Waals surface area contributed by atoms with Gasteiger partial charge in [0, 0.05) is 16.4 Å². The van der Waals surface area contributed by atoms with E-state index < -0.39 is 0 Å². The molecule has 1 aromatic carbocycles. The lowest BCUT2D eigenvalue weighted by molar-refractivity contribution is 0.456. The Labute approximate surface area is 77.7 Å². The molecule has 2 aromatic rings. The van der Waals surface area contributed by atoms with E-state index in [1.807, 2.05) is 12.1 Å². The molecule has 0 saturated heterocycles. The Kier molecular flexibility index (Phi) is 1.86. The second kappa shape index (κ2) is 2.88. The molecule has 0 aliphatic carbocycles. The standard InChI is InChI=1S/C8H7BrN2O/c9-7-2-8-6(4-11-12-8)1-5(7)3-10/h1-2,4H,3,10H2. The largest absolute Gasteiger partial charge is 0.356 e. The molecule has 0 aliphatic rings.